The predicted molar refractivity (Wildman–Crippen MR) is 71.5 cm³/mol. The zero-order chi connectivity index (χ0) is 13.0. The molecule has 0 aliphatic carbocycles. The molecule has 96 valence electrons. The van der Waals surface area contributed by atoms with Crippen LogP contribution in [0.15, 0.2) is 36.8 Å². The Labute approximate surface area is 107 Å². The molecular formula is C14H19N3O. The number of benzene rings is 1. The Bertz CT molecular complexity index is 490. The molecule has 18 heavy (non-hydrogen) atoms. The number of aryl methyl sites for hydroxylation is 1. The Morgan fingerprint density at radius 3 is 2.61 bits per heavy atom. The first-order chi connectivity index (χ1) is 8.72. The lowest BCUT2D eigenvalue weighted by Gasteiger charge is -2.13. The van der Waals surface area contributed by atoms with Gasteiger partial charge in [0, 0.05) is 7.05 Å². The summed E-state index contributed by atoms with van der Waals surface area (Å²) >= 11 is 0. The lowest BCUT2D eigenvalue weighted by molar-refractivity contribution is 0.317. The van der Waals surface area contributed by atoms with E-state index < -0.39 is 0 Å². The van der Waals surface area contributed by atoms with Crippen LogP contribution in [0.4, 0.5) is 0 Å². The molecular weight excluding hydrogens is 226 g/mol. The third-order valence-corrected chi connectivity index (χ3v) is 2.88. The number of nitrogens with two attached hydrogens (primary N) is 1. The van der Waals surface area contributed by atoms with Gasteiger partial charge >= 0.3 is 0 Å². The summed E-state index contributed by atoms with van der Waals surface area (Å²) in [6, 6.07) is 7.77. The van der Waals surface area contributed by atoms with Crippen LogP contribution in [0, 0.1) is 0 Å². The maximum absolute atomic E-state index is 6.21. The van der Waals surface area contributed by atoms with Crippen LogP contribution in [0.1, 0.15) is 30.6 Å². The first kappa shape index (κ1) is 12.6. The molecule has 0 bridgehead atoms. The highest BCUT2D eigenvalue weighted by molar-refractivity contribution is 5.32. The van der Waals surface area contributed by atoms with Crippen molar-refractivity contribution < 1.29 is 4.74 Å². The normalized spacial score (nSPS) is 12.4. The molecule has 2 aromatic rings. The molecule has 1 aromatic heterocycles. The van der Waals surface area contributed by atoms with E-state index in [0.717, 1.165) is 30.0 Å². The number of imidazole rings is 1. The first-order valence-corrected chi connectivity index (χ1v) is 6.17. The third kappa shape index (κ3) is 2.71. The fraction of sp³-hybridized carbons (Fsp3) is 0.357. The summed E-state index contributed by atoms with van der Waals surface area (Å²) in [5.41, 5.74) is 8.27. The van der Waals surface area contributed by atoms with Gasteiger partial charge in [0.2, 0.25) is 0 Å². The Hall–Kier alpha value is -1.81. The number of rotatable bonds is 5. The molecule has 0 aliphatic rings. The molecule has 0 saturated carbocycles. The molecule has 1 unspecified atom stereocenters. The highest BCUT2D eigenvalue weighted by atomic mass is 16.5. The minimum absolute atomic E-state index is 0.155. The predicted octanol–water partition coefficient (Wildman–Crippen LogP) is 2.26. The van der Waals surface area contributed by atoms with Crippen LogP contribution in [0.25, 0.3) is 0 Å². The molecule has 0 radical (unpaired) electrons. The van der Waals surface area contributed by atoms with Gasteiger partial charge in [-0.2, -0.15) is 0 Å². The van der Waals surface area contributed by atoms with Crippen LogP contribution in [0.5, 0.6) is 5.75 Å². The van der Waals surface area contributed by atoms with Gasteiger partial charge in [0.1, 0.15) is 5.75 Å². The largest absolute Gasteiger partial charge is 0.494 e. The first-order valence-electron chi connectivity index (χ1n) is 6.17. The van der Waals surface area contributed by atoms with Crippen LogP contribution in [0.2, 0.25) is 0 Å². The molecule has 0 amide bonds. The van der Waals surface area contributed by atoms with Gasteiger partial charge in [0.05, 0.1) is 30.9 Å². The fourth-order valence-electron chi connectivity index (χ4n) is 1.83. The number of nitrogens with zero attached hydrogens (tertiary/aromatic N) is 2. The zero-order valence-electron chi connectivity index (χ0n) is 10.8. The van der Waals surface area contributed by atoms with Crippen LogP contribution < -0.4 is 10.5 Å². The summed E-state index contributed by atoms with van der Waals surface area (Å²) < 4.78 is 7.48. The lowest BCUT2D eigenvalue weighted by atomic mass is 10.1. The SMILES string of the molecule is CCCOc1ccc(C(N)c2cncn2C)cc1. The Morgan fingerprint density at radius 1 is 1.33 bits per heavy atom. The zero-order valence-corrected chi connectivity index (χ0v) is 10.8. The van der Waals surface area contributed by atoms with E-state index in [2.05, 4.69) is 11.9 Å². The van der Waals surface area contributed by atoms with Gasteiger partial charge in [-0.1, -0.05) is 19.1 Å². The smallest absolute Gasteiger partial charge is 0.119 e. The second-order valence-corrected chi connectivity index (χ2v) is 4.32. The quantitative estimate of drug-likeness (QED) is 0.879. The average Bonchev–Trinajstić information content (AvgIpc) is 2.82. The van der Waals surface area contributed by atoms with Crippen molar-refractivity contribution in [1.82, 2.24) is 9.55 Å². The summed E-state index contributed by atoms with van der Waals surface area (Å²) in [5, 5.41) is 0. The lowest BCUT2D eigenvalue weighted by Crippen LogP contribution is -2.15. The van der Waals surface area contributed by atoms with Crippen molar-refractivity contribution in [3.8, 4) is 5.75 Å². The average molecular weight is 245 g/mol. The topological polar surface area (TPSA) is 53.1 Å². The summed E-state index contributed by atoms with van der Waals surface area (Å²) in [6.07, 6.45) is 4.57. The van der Waals surface area contributed by atoms with Crippen molar-refractivity contribution in [2.24, 2.45) is 12.8 Å². The third-order valence-electron chi connectivity index (χ3n) is 2.88. The molecule has 4 nitrogen and oxygen atoms in total. The second-order valence-electron chi connectivity index (χ2n) is 4.32. The molecule has 2 N–H and O–H groups in total. The molecule has 1 aromatic carbocycles. The monoisotopic (exact) mass is 245 g/mol. The van der Waals surface area contributed by atoms with Crippen molar-refractivity contribution in [3.63, 3.8) is 0 Å². The van der Waals surface area contributed by atoms with Gasteiger partial charge in [-0.3, -0.25) is 0 Å². The maximum atomic E-state index is 6.21. The van der Waals surface area contributed by atoms with E-state index in [1.54, 1.807) is 12.5 Å². The van der Waals surface area contributed by atoms with Crippen LogP contribution in [-0.4, -0.2) is 16.2 Å². The molecule has 1 atom stereocenters. The Kier molecular flexibility index (Phi) is 3.99. The van der Waals surface area contributed by atoms with Gasteiger partial charge in [0.25, 0.3) is 0 Å². The van der Waals surface area contributed by atoms with Crippen molar-refractivity contribution >= 4 is 0 Å². The van der Waals surface area contributed by atoms with E-state index in [-0.39, 0.29) is 6.04 Å². The second kappa shape index (κ2) is 5.69. The van der Waals surface area contributed by atoms with E-state index in [4.69, 9.17) is 10.5 Å². The molecule has 0 fully saturated rings. The van der Waals surface area contributed by atoms with Crippen LogP contribution in [-0.2, 0) is 7.05 Å². The van der Waals surface area contributed by atoms with Gasteiger partial charge in [-0.05, 0) is 24.1 Å². The van der Waals surface area contributed by atoms with Gasteiger partial charge < -0.3 is 15.0 Å². The van der Waals surface area contributed by atoms with Crippen molar-refractivity contribution in [1.29, 1.82) is 0 Å². The van der Waals surface area contributed by atoms with Crippen molar-refractivity contribution in [3.05, 3.63) is 48.0 Å². The highest BCUT2D eigenvalue weighted by Crippen LogP contribution is 2.21. The minimum atomic E-state index is -0.155. The Morgan fingerprint density at radius 2 is 2.06 bits per heavy atom. The van der Waals surface area contributed by atoms with Crippen LogP contribution in [0.3, 0.4) is 0 Å². The van der Waals surface area contributed by atoms with Crippen molar-refractivity contribution in [2.75, 3.05) is 6.61 Å². The summed E-state index contributed by atoms with van der Waals surface area (Å²) in [6.45, 7) is 2.83. The van der Waals surface area contributed by atoms with E-state index in [0.29, 0.717) is 0 Å². The maximum Gasteiger partial charge on any atom is 0.119 e. The van der Waals surface area contributed by atoms with Gasteiger partial charge in [0.15, 0.2) is 0 Å². The molecule has 0 aliphatic heterocycles. The fourth-order valence-corrected chi connectivity index (χ4v) is 1.83. The van der Waals surface area contributed by atoms with Gasteiger partial charge in [-0.25, -0.2) is 4.98 Å². The van der Waals surface area contributed by atoms with E-state index >= 15 is 0 Å². The van der Waals surface area contributed by atoms with E-state index in [1.807, 2.05) is 35.9 Å². The molecule has 2 rings (SSSR count). The van der Waals surface area contributed by atoms with E-state index in [1.165, 1.54) is 0 Å². The van der Waals surface area contributed by atoms with Gasteiger partial charge in [-0.15, -0.1) is 0 Å². The summed E-state index contributed by atoms with van der Waals surface area (Å²) in [7, 11) is 1.95. The standard InChI is InChI=1S/C14H19N3O/c1-3-8-18-12-6-4-11(5-7-12)14(15)13-9-16-10-17(13)2/h4-7,9-10,14H,3,8,15H2,1-2H3. The summed E-state index contributed by atoms with van der Waals surface area (Å²) in [5.74, 6) is 0.887. The number of ether oxygens (including phenoxy) is 1. The molecule has 1 heterocycles. The summed E-state index contributed by atoms with van der Waals surface area (Å²) in [4.78, 5) is 4.08. The molecule has 0 spiro atoms. The molecule has 0 saturated heterocycles. The minimum Gasteiger partial charge on any atom is -0.494 e. The highest BCUT2D eigenvalue weighted by Gasteiger charge is 2.12. The number of hydrogen-bond donors (Lipinski definition) is 1. The Balaban J connectivity index is 2.12. The molecule has 4 heteroatoms. The van der Waals surface area contributed by atoms with Crippen LogP contribution >= 0.6 is 0 Å². The van der Waals surface area contributed by atoms with E-state index in [9.17, 15) is 0 Å². The number of aromatic nitrogens is 2. The number of hydrogen-bond acceptors (Lipinski definition) is 3. The van der Waals surface area contributed by atoms with Crippen molar-refractivity contribution in [2.45, 2.75) is 19.4 Å².